The molecule has 0 unspecified atom stereocenters. The summed E-state index contributed by atoms with van der Waals surface area (Å²) in [5, 5.41) is 1.27. The first-order valence-corrected chi connectivity index (χ1v) is 7.72. The monoisotopic (exact) mass is 327 g/mol. The third kappa shape index (κ3) is 1.99. The number of aromatic nitrogens is 1. The van der Waals surface area contributed by atoms with Gasteiger partial charge in [-0.15, -0.1) is 0 Å². The molecule has 0 saturated heterocycles. The summed E-state index contributed by atoms with van der Waals surface area (Å²) in [6, 6.07) is 17.2. The highest BCUT2D eigenvalue weighted by Crippen LogP contribution is 2.39. The molecule has 1 aromatic heterocycles. The van der Waals surface area contributed by atoms with Crippen LogP contribution in [0.25, 0.3) is 22.2 Å². The third-order valence-corrected chi connectivity index (χ3v) is 4.69. The summed E-state index contributed by atoms with van der Waals surface area (Å²) in [6.45, 7) is 4.49. The van der Waals surface area contributed by atoms with Gasteiger partial charge in [-0.2, -0.15) is 0 Å². The van der Waals surface area contributed by atoms with Gasteiger partial charge in [0.15, 0.2) is 0 Å². The van der Waals surface area contributed by atoms with Crippen LogP contribution in [-0.2, 0) is 7.05 Å². The maximum Gasteiger partial charge on any atom is 0.0636 e. The van der Waals surface area contributed by atoms with Crippen LogP contribution in [0, 0.1) is 0 Å². The predicted molar refractivity (Wildman–Crippen MR) is 90.1 cm³/mol. The minimum absolute atomic E-state index is 0.510. The summed E-state index contributed by atoms with van der Waals surface area (Å²) in [5.41, 5.74) is 5.22. The van der Waals surface area contributed by atoms with E-state index >= 15 is 0 Å². The fourth-order valence-electron chi connectivity index (χ4n) is 2.86. The van der Waals surface area contributed by atoms with Crippen LogP contribution in [0.2, 0.25) is 0 Å². The van der Waals surface area contributed by atoms with Gasteiger partial charge < -0.3 is 4.57 Å². The molecule has 3 rings (SSSR count). The van der Waals surface area contributed by atoms with E-state index in [1.165, 1.54) is 32.2 Å². The number of nitrogens with zero attached hydrogens (tertiary/aromatic N) is 1. The minimum Gasteiger partial charge on any atom is -0.343 e. The molecule has 20 heavy (non-hydrogen) atoms. The van der Waals surface area contributed by atoms with Gasteiger partial charge in [0.25, 0.3) is 0 Å². The van der Waals surface area contributed by atoms with Crippen molar-refractivity contribution in [3.8, 4) is 11.3 Å². The molecule has 0 amide bonds. The van der Waals surface area contributed by atoms with Crippen molar-refractivity contribution in [1.29, 1.82) is 0 Å². The Morgan fingerprint density at radius 2 is 1.60 bits per heavy atom. The number of benzene rings is 2. The van der Waals surface area contributed by atoms with E-state index in [1.54, 1.807) is 0 Å². The molecule has 102 valence electrons. The Kier molecular flexibility index (Phi) is 3.43. The summed E-state index contributed by atoms with van der Waals surface area (Å²) in [4.78, 5) is 0. The van der Waals surface area contributed by atoms with Crippen molar-refractivity contribution in [3.63, 3.8) is 0 Å². The predicted octanol–water partition coefficient (Wildman–Crippen LogP) is 5.73. The van der Waals surface area contributed by atoms with Crippen LogP contribution >= 0.6 is 15.9 Å². The largest absolute Gasteiger partial charge is 0.343 e. The molecular formula is C18H18BrN. The fourth-order valence-corrected chi connectivity index (χ4v) is 3.68. The van der Waals surface area contributed by atoms with E-state index < -0.39 is 0 Å². The molecule has 2 heteroatoms. The molecule has 1 nitrogen and oxygen atoms in total. The quantitative estimate of drug-likeness (QED) is 0.566. The van der Waals surface area contributed by atoms with E-state index in [0.717, 1.165) is 0 Å². The zero-order chi connectivity index (χ0) is 14.3. The second-order valence-corrected chi connectivity index (χ2v) is 6.27. The molecule has 0 aliphatic rings. The molecule has 0 atom stereocenters. The average Bonchev–Trinajstić information content (AvgIpc) is 2.71. The molecular weight excluding hydrogens is 310 g/mol. The topological polar surface area (TPSA) is 4.93 Å². The first kappa shape index (κ1) is 13.4. The SMILES string of the molecule is CC(C)c1ccccc1-c1c(Br)c2ccccc2n1C. The van der Waals surface area contributed by atoms with Crippen LogP contribution in [-0.4, -0.2) is 4.57 Å². The standard InChI is InChI=1S/C18H18BrN/c1-12(2)13-8-4-5-9-14(13)18-17(19)15-10-6-7-11-16(15)20(18)3/h4-12H,1-3H3. The Labute approximate surface area is 128 Å². The second-order valence-electron chi connectivity index (χ2n) is 5.48. The Hall–Kier alpha value is -1.54. The zero-order valence-electron chi connectivity index (χ0n) is 12.0. The van der Waals surface area contributed by atoms with Crippen molar-refractivity contribution in [2.24, 2.45) is 7.05 Å². The molecule has 0 fully saturated rings. The van der Waals surface area contributed by atoms with Crippen molar-refractivity contribution in [3.05, 3.63) is 58.6 Å². The number of aryl methyl sites for hydroxylation is 1. The van der Waals surface area contributed by atoms with Gasteiger partial charge in [0, 0.05) is 23.5 Å². The van der Waals surface area contributed by atoms with Gasteiger partial charge in [-0.25, -0.2) is 0 Å². The first-order chi connectivity index (χ1) is 9.61. The summed E-state index contributed by atoms with van der Waals surface area (Å²) in [6.07, 6.45) is 0. The lowest BCUT2D eigenvalue weighted by molar-refractivity contribution is 0.863. The lowest BCUT2D eigenvalue weighted by Crippen LogP contribution is -1.97. The molecule has 0 spiro atoms. The number of hydrogen-bond acceptors (Lipinski definition) is 0. The van der Waals surface area contributed by atoms with E-state index in [-0.39, 0.29) is 0 Å². The molecule has 0 bridgehead atoms. The van der Waals surface area contributed by atoms with E-state index in [0.29, 0.717) is 5.92 Å². The van der Waals surface area contributed by atoms with Crippen LogP contribution in [0.4, 0.5) is 0 Å². The van der Waals surface area contributed by atoms with Crippen molar-refractivity contribution >= 4 is 26.8 Å². The summed E-state index contributed by atoms with van der Waals surface area (Å²) in [7, 11) is 2.14. The van der Waals surface area contributed by atoms with Crippen LogP contribution < -0.4 is 0 Å². The van der Waals surface area contributed by atoms with Gasteiger partial charge in [0.1, 0.15) is 0 Å². The summed E-state index contributed by atoms with van der Waals surface area (Å²) < 4.78 is 3.46. The normalized spacial score (nSPS) is 11.4. The molecule has 0 N–H and O–H groups in total. The fraction of sp³-hybridized carbons (Fsp3) is 0.222. The first-order valence-electron chi connectivity index (χ1n) is 6.93. The Morgan fingerprint density at radius 1 is 0.950 bits per heavy atom. The lowest BCUT2D eigenvalue weighted by Gasteiger charge is -2.14. The van der Waals surface area contributed by atoms with Gasteiger partial charge in [-0.05, 0) is 33.5 Å². The number of rotatable bonds is 2. The molecule has 0 aliphatic carbocycles. The van der Waals surface area contributed by atoms with Crippen molar-refractivity contribution in [1.82, 2.24) is 4.57 Å². The zero-order valence-corrected chi connectivity index (χ0v) is 13.6. The van der Waals surface area contributed by atoms with Gasteiger partial charge in [0.2, 0.25) is 0 Å². The molecule has 0 aliphatic heterocycles. The Morgan fingerprint density at radius 3 is 2.30 bits per heavy atom. The Balaban J connectivity index is 2.36. The van der Waals surface area contributed by atoms with E-state index in [9.17, 15) is 0 Å². The maximum absolute atomic E-state index is 3.80. The van der Waals surface area contributed by atoms with Crippen molar-refractivity contribution in [2.75, 3.05) is 0 Å². The average molecular weight is 328 g/mol. The number of para-hydroxylation sites is 1. The third-order valence-electron chi connectivity index (χ3n) is 3.88. The minimum atomic E-state index is 0.510. The highest BCUT2D eigenvalue weighted by atomic mass is 79.9. The number of fused-ring (bicyclic) bond motifs is 1. The Bertz CT molecular complexity index is 729. The highest BCUT2D eigenvalue weighted by molar-refractivity contribution is 9.10. The second kappa shape index (κ2) is 5.10. The van der Waals surface area contributed by atoms with Crippen LogP contribution in [0.15, 0.2) is 53.0 Å². The molecule has 2 aromatic carbocycles. The van der Waals surface area contributed by atoms with Crippen LogP contribution in [0.5, 0.6) is 0 Å². The van der Waals surface area contributed by atoms with E-state index in [1.807, 2.05) is 0 Å². The maximum atomic E-state index is 3.80. The molecule has 0 radical (unpaired) electrons. The van der Waals surface area contributed by atoms with E-state index in [2.05, 4.69) is 89.9 Å². The lowest BCUT2D eigenvalue weighted by atomic mass is 9.95. The van der Waals surface area contributed by atoms with Crippen molar-refractivity contribution < 1.29 is 0 Å². The molecule has 1 heterocycles. The molecule has 0 saturated carbocycles. The summed E-state index contributed by atoms with van der Waals surface area (Å²) in [5.74, 6) is 0.510. The number of halogens is 1. The van der Waals surface area contributed by atoms with Gasteiger partial charge >= 0.3 is 0 Å². The summed E-state index contributed by atoms with van der Waals surface area (Å²) >= 11 is 3.80. The van der Waals surface area contributed by atoms with Crippen molar-refractivity contribution in [2.45, 2.75) is 19.8 Å². The van der Waals surface area contributed by atoms with Gasteiger partial charge in [-0.3, -0.25) is 0 Å². The van der Waals surface area contributed by atoms with E-state index in [4.69, 9.17) is 0 Å². The molecule has 3 aromatic rings. The van der Waals surface area contributed by atoms with Crippen LogP contribution in [0.1, 0.15) is 25.3 Å². The van der Waals surface area contributed by atoms with Crippen LogP contribution in [0.3, 0.4) is 0 Å². The van der Waals surface area contributed by atoms with Gasteiger partial charge in [-0.1, -0.05) is 56.3 Å². The highest BCUT2D eigenvalue weighted by Gasteiger charge is 2.17. The number of hydrogen-bond donors (Lipinski definition) is 0. The smallest absolute Gasteiger partial charge is 0.0636 e. The van der Waals surface area contributed by atoms with Gasteiger partial charge in [0.05, 0.1) is 10.2 Å².